The second-order valence-corrected chi connectivity index (χ2v) is 8.96. The van der Waals surface area contributed by atoms with E-state index in [0.717, 1.165) is 0 Å². The van der Waals surface area contributed by atoms with Crippen LogP contribution in [0.2, 0.25) is 0 Å². The molecular weight excluding hydrogens is 382 g/mol. The normalized spacial score (nSPS) is 16.9. The van der Waals surface area contributed by atoms with E-state index < -0.39 is 18.2 Å². The van der Waals surface area contributed by atoms with E-state index in [0.29, 0.717) is 25.0 Å². The Morgan fingerprint density at radius 2 is 1.60 bits per heavy atom. The van der Waals surface area contributed by atoms with Gasteiger partial charge in [0.15, 0.2) is 0 Å². The van der Waals surface area contributed by atoms with E-state index in [2.05, 4.69) is 5.32 Å². The highest BCUT2D eigenvalue weighted by Gasteiger charge is 2.38. The van der Waals surface area contributed by atoms with Gasteiger partial charge in [-0.15, -0.1) is 0 Å². The molecule has 2 amide bonds. The van der Waals surface area contributed by atoms with Crippen molar-refractivity contribution >= 4 is 18.1 Å². The summed E-state index contributed by atoms with van der Waals surface area (Å²) in [7, 11) is 4.89. The Kier molecular flexibility index (Phi) is 12.8. The van der Waals surface area contributed by atoms with Gasteiger partial charge in [-0.2, -0.15) is 0 Å². The lowest BCUT2D eigenvalue weighted by atomic mass is 9.93. The average molecular weight is 426 g/mol. The lowest BCUT2D eigenvalue weighted by Gasteiger charge is -2.38. The van der Waals surface area contributed by atoms with Crippen molar-refractivity contribution in [2.45, 2.75) is 78.6 Å². The molecule has 0 spiro atoms. The Balaban J connectivity index is 5.63. The number of aliphatic hydroxyl groups excluding tert-OH is 1. The highest BCUT2D eigenvalue weighted by Crippen LogP contribution is 2.20. The maximum absolute atomic E-state index is 13.3. The third kappa shape index (κ3) is 7.84. The predicted octanol–water partition coefficient (Wildman–Crippen LogP) is 2.09. The first-order chi connectivity index (χ1) is 13.9. The van der Waals surface area contributed by atoms with E-state index in [1.54, 1.807) is 14.1 Å². The van der Waals surface area contributed by atoms with Gasteiger partial charge in [0.25, 0.3) is 0 Å². The van der Waals surface area contributed by atoms with Crippen LogP contribution in [0, 0.1) is 17.8 Å². The molecule has 0 rings (SSSR count). The van der Waals surface area contributed by atoms with Gasteiger partial charge in [-0.25, -0.2) is 0 Å². The highest BCUT2D eigenvalue weighted by molar-refractivity contribution is 5.91. The van der Waals surface area contributed by atoms with Crippen molar-refractivity contribution in [3.63, 3.8) is 0 Å². The molecule has 1 unspecified atom stereocenters. The lowest BCUT2D eigenvalue weighted by Crippen LogP contribution is -2.58. The molecule has 0 aliphatic carbocycles. The zero-order valence-electron chi connectivity index (χ0n) is 20.3. The van der Waals surface area contributed by atoms with E-state index in [1.807, 2.05) is 53.7 Å². The number of carbonyl (C=O) groups is 3. The SMILES string of the molecule is C/C=C/C[C@@H](C)[C@@H](O)C(C=O)N(C)C(=O)[C@H](C(C)C)N(C)C(=O)[C@H](CC(C)C)NC. The van der Waals surface area contributed by atoms with Crippen molar-refractivity contribution in [2.75, 3.05) is 21.1 Å². The van der Waals surface area contributed by atoms with E-state index >= 15 is 0 Å². The Hall–Kier alpha value is -1.73. The van der Waals surface area contributed by atoms with Gasteiger partial charge in [-0.3, -0.25) is 9.59 Å². The van der Waals surface area contributed by atoms with Crippen LogP contribution in [0.4, 0.5) is 0 Å². The molecule has 0 aromatic carbocycles. The quantitative estimate of drug-likeness (QED) is 0.348. The van der Waals surface area contributed by atoms with E-state index in [9.17, 15) is 19.5 Å². The van der Waals surface area contributed by atoms with E-state index in [4.69, 9.17) is 0 Å². The van der Waals surface area contributed by atoms with Crippen LogP contribution in [0.15, 0.2) is 12.2 Å². The van der Waals surface area contributed by atoms with Crippen molar-refractivity contribution in [1.82, 2.24) is 15.1 Å². The Morgan fingerprint density at radius 1 is 1.03 bits per heavy atom. The summed E-state index contributed by atoms with van der Waals surface area (Å²) in [5.41, 5.74) is 0. The first-order valence-electron chi connectivity index (χ1n) is 10.9. The molecule has 174 valence electrons. The van der Waals surface area contributed by atoms with Gasteiger partial charge in [-0.1, -0.05) is 46.8 Å². The summed E-state index contributed by atoms with van der Waals surface area (Å²) in [5.74, 6) is -0.534. The molecule has 0 saturated carbocycles. The number of aldehydes is 1. The molecule has 30 heavy (non-hydrogen) atoms. The summed E-state index contributed by atoms with van der Waals surface area (Å²) in [6.45, 7) is 11.6. The molecule has 7 heteroatoms. The van der Waals surface area contributed by atoms with Gasteiger partial charge in [0.05, 0.1) is 12.1 Å². The molecule has 0 aromatic rings. The van der Waals surface area contributed by atoms with Crippen LogP contribution in [-0.2, 0) is 14.4 Å². The number of nitrogens with one attached hydrogen (secondary N) is 1. The smallest absolute Gasteiger partial charge is 0.246 e. The van der Waals surface area contributed by atoms with E-state index in [-0.39, 0.29) is 29.7 Å². The van der Waals surface area contributed by atoms with Crippen molar-refractivity contribution in [1.29, 1.82) is 0 Å². The summed E-state index contributed by atoms with van der Waals surface area (Å²) >= 11 is 0. The number of hydrogen-bond acceptors (Lipinski definition) is 5. The molecule has 0 bridgehead atoms. The molecule has 0 heterocycles. The second kappa shape index (κ2) is 13.5. The van der Waals surface area contributed by atoms with Crippen LogP contribution < -0.4 is 5.32 Å². The first-order valence-corrected chi connectivity index (χ1v) is 10.9. The monoisotopic (exact) mass is 425 g/mol. The molecular formula is C23H43N3O4. The summed E-state index contributed by atoms with van der Waals surface area (Å²) in [6.07, 6.45) is 4.70. The molecule has 0 radical (unpaired) electrons. The topological polar surface area (TPSA) is 90.0 Å². The fourth-order valence-electron chi connectivity index (χ4n) is 3.68. The van der Waals surface area contributed by atoms with Gasteiger partial charge < -0.3 is 25.0 Å². The maximum Gasteiger partial charge on any atom is 0.246 e. The van der Waals surface area contributed by atoms with Crippen molar-refractivity contribution in [3.8, 4) is 0 Å². The molecule has 0 saturated heterocycles. The highest BCUT2D eigenvalue weighted by atomic mass is 16.3. The molecule has 0 fully saturated rings. The van der Waals surface area contributed by atoms with Crippen LogP contribution in [0.1, 0.15) is 54.4 Å². The van der Waals surface area contributed by atoms with Crippen molar-refractivity contribution in [3.05, 3.63) is 12.2 Å². The minimum atomic E-state index is -0.993. The average Bonchev–Trinajstić information content (AvgIpc) is 2.69. The number of amides is 2. The van der Waals surface area contributed by atoms with Gasteiger partial charge in [0.1, 0.15) is 18.4 Å². The Morgan fingerprint density at radius 3 is 2.00 bits per heavy atom. The minimum Gasteiger partial charge on any atom is -0.390 e. The fourth-order valence-corrected chi connectivity index (χ4v) is 3.68. The standard InChI is InChI=1S/C23H43N3O4/c1-10-11-12-17(6)21(28)19(14-27)25(8)23(30)20(16(4)5)26(9)22(29)18(24-7)13-15(2)3/h10-11,14-21,24,28H,12-13H2,1-9H3/b11-10+/t17-,18+,19?,20+,21-/m1/s1. The van der Waals surface area contributed by atoms with Crippen molar-refractivity contribution < 1.29 is 19.5 Å². The number of carbonyl (C=O) groups excluding carboxylic acids is 3. The van der Waals surface area contributed by atoms with E-state index in [1.165, 1.54) is 16.8 Å². The fraction of sp³-hybridized carbons (Fsp3) is 0.783. The van der Waals surface area contributed by atoms with Gasteiger partial charge in [-0.05, 0) is 44.6 Å². The molecule has 2 N–H and O–H groups in total. The molecule has 7 nitrogen and oxygen atoms in total. The number of likely N-dealkylation sites (N-methyl/N-ethyl adjacent to an activating group) is 3. The number of aliphatic hydroxyl groups is 1. The Labute approximate surface area is 182 Å². The van der Waals surface area contributed by atoms with Crippen LogP contribution in [0.5, 0.6) is 0 Å². The van der Waals surface area contributed by atoms with Crippen molar-refractivity contribution in [2.24, 2.45) is 17.8 Å². The van der Waals surface area contributed by atoms with Crippen LogP contribution >= 0.6 is 0 Å². The lowest BCUT2D eigenvalue weighted by molar-refractivity contribution is -0.151. The van der Waals surface area contributed by atoms with Crippen LogP contribution in [0.3, 0.4) is 0 Å². The van der Waals surface area contributed by atoms with Gasteiger partial charge in [0.2, 0.25) is 11.8 Å². The first kappa shape index (κ1) is 28.3. The second-order valence-electron chi connectivity index (χ2n) is 8.96. The zero-order valence-corrected chi connectivity index (χ0v) is 20.3. The summed E-state index contributed by atoms with van der Waals surface area (Å²) in [5, 5.41) is 13.7. The summed E-state index contributed by atoms with van der Waals surface area (Å²) < 4.78 is 0. The summed E-state index contributed by atoms with van der Waals surface area (Å²) in [4.78, 5) is 40.9. The maximum atomic E-state index is 13.3. The summed E-state index contributed by atoms with van der Waals surface area (Å²) in [6, 6.07) is -2.09. The van der Waals surface area contributed by atoms with Gasteiger partial charge in [0, 0.05) is 14.1 Å². The number of allylic oxidation sites excluding steroid dienone is 2. The number of rotatable bonds is 13. The molecule has 0 aliphatic rings. The molecule has 0 aliphatic heterocycles. The molecule has 0 aromatic heterocycles. The number of hydrogen-bond donors (Lipinski definition) is 2. The third-order valence-electron chi connectivity index (χ3n) is 5.61. The predicted molar refractivity (Wildman–Crippen MR) is 121 cm³/mol. The zero-order chi connectivity index (χ0) is 23.6. The number of nitrogens with zero attached hydrogens (tertiary/aromatic N) is 2. The van der Waals surface area contributed by atoms with Crippen LogP contribution in [-0.4, -0.2) is 78.4 Å². The Bertz CT molecular complexity index is 577. The largest absolute Gasteiger partial charge is 0.390 e. The van der Waals surface area contributed by atoms with Gasteiger partial charge >= 0.3 is 0 Å². The van der Waals surface area contributed by atoms with Crippen LogP contribution in [0.25, 0.3) is 0 Å². The minimum absolute atomic E-state index is 0.156. The third-order valence-corrected chi connectivity index (χ3v) is 5.61. The molecule has 5 atom stereocenters.